The van der Waals surface area contributed by atoms with E-state index >= 15 is 0 Å². The van der Waals surface area contributed by atoms with Gasteiger partial charge in [-0.25, -0.2) is 4.79 Å². The number of urea groups is 1. The number of amides is 3. The highest BCUT2D eigenvalue weighted by Crippen LogP contribution is 2.29. The monoisotopic (exact) mass is 400 g/mol. The first-order chi connectivity index (χ1) is 13.5. The topological polar surface area (TPSA) is 64.7 Å². The molecule has 3 rings (SSSR count). The Bertz CT molecular complexity index is 856. The first-order valence-corrected chi connectivity index (χ1v) is 9.70. The Morgan fingerprint density at radius 2 is 1.89 bits per heavy atom. The Balaban J connectivity index is 1.67. The van der Waals surface area contributed by atoms with Gasteiger partial charge < -0.3 is 20.4 Å². The molecule has 3 amide bonds. The van der Waals surface area contributed by atoms with Crippen LogP contribution in [0.25, 0.3) is 0 Å². The van der Waals surface area contributed by atoms with Crippen molar-refractivity contribution in [2.75, 3.05) is 37.4 Å². The summed E-state index contributed by atoms with van der Waals surface area (Å²) in [6, 6.07) is 14.6. The molecule has 28 heavy (non-hydrogen) atoms. The molecule has 6 nitrogen and oxygen atoms in total. The normalized spacial score (nSPS) is 15.0. The van der Waals surface area contributed by atoms with E-state index in [1.165, 1.54) is 0 Å². The molecule has 1 aliphatic heterocycles. The fourth-order valence-electron chi connectivity index (χ4n) is 3.39. The number of carbonyl (C=O) groups is 2. The van der Waals surface area contributed by atoms with Crippen LogP contribution in [0.1, 0.15) is 24.4 Å². The minimum absolute atomic E-state index is 0.0603. The average molecular weight is 401 g/mol. The highest BCUT2D eigenvalue weighted by molar-refractivity contribution is 6.31. The minimum atomic E-state index is -0.321. The molecule has 1 saturated heterocycles. The van der Waals surface area contributed by atoms with Crippen molar-refractivity contribution in [1.29, 1.82) is 0 Å². The summed E-state index contributed by atoms with van der Waals surface area (Å²) in [5, 5.41) is 6.45. The lowest BCUT2D eigenvalue weighted by Crippen LogP contribution is -2.37. The third kappa shape index (κ3) is 4.64. The van der Waals surface area contributed by atoms with Crippen molar-refractivity contribution in [3.05, 3.63) is 59.1 Å². The molecule has 0 saturated carbocycles. The lowest BCUT2D eigenvalue weighted by atomic mass is 10.1. The molecular formula is C21H25ClN4O2. The number of benzene rings is 2. The van der Waals surface area contributed by atoms with Crippen molar-refractivity contribution in [3.63, 3.8) is 0 Å². The van der Waals surface area contributed by atoms with Crippen molar-refractivity contribution >= 4 is 34.9 Å². The van der Waals surface area contributed by atoms with Gasteiger partial charge in [-0.2, -0.15) is 0 Å². The molecule has 0 aromatic heterocycles. The summed E-state index contributed by atoms with van der Waals surface area (Å²) in [6.45, 7) is 1.07. The van der Waals surface area contributed by atoms with Gasteiger partial charge in [0.15, 0.2) is 0 Å². The average Bonchev–Trinajstić information content (AvgIpc) is 3.09. The molecule has 1 unspecified atom stereocenters. The molecule has 7 heteroatoms. The molecule has 1 heterocycles. The lowest BCUT2D eigenvalue weighted by Gasteiger charge is -2.26. The summed E-state index contributed by atoms with van der Waals surface area (Å²) >= 11 is 6.32. The second-order valence-corrected chi connectivity index (χ2v) is 7.41. The van der Waals surface area contributed by atoms with E-state index in [9.17, 15) is 9.59 Å². The van der Waals surface area contributed by atoms with Crippen molar-refractivity contribution < 1.29 is 9.59 Å². The third-order valence-corrected chi connectivity index (χ3v) is 5.20. The van der Waals surface area contributed by atoms with Gasteiger partial charge in [-0.15, -0.1) is 0 Å². The molecule has 1 atom stereocenters. The second-order valence-electron chi connectivity index (χ2n) is 7.00. The van der Waals surface area contributed by atoms with E-state index in [0.717, 1.165) is 17.7 Å². The zero-order valence-electron chi connectivity index (χ0n) is 16.1. The van der Waals surface area contributed by atoms with Crippen LogP contribution in [0.3, 0.4) is 0 Å². The molecule has 148 valence electrons. The molecule has 1 fully saturated rings. The van der Waals surface area contributed by atoms with E-state index in [2.05, 4.69) is 10.6 Å². The predicted octanol–water partition coefficient (Wildman–Crippen LogP) is 3.89. The molecular weight excluding hydrogens is 376 g/mol. The quantitative estimate of drug-likeness (QED) is 0.773. The number of rotatable bonds is 6. The molecule has 0 aliphatic carbocycles. The maximum atomic E-state index is 12.5. The number of para-hydroxylation sites is 2. The zero-order chi connectivity index (χ0) is 20.1. The second kappa shape index (κ2) is 9.08. The summed E-state index contributed by atoms with van der Waals surface area (Å²) in [7, 11) is 3.89. The predicted molar refractivity (Wildman–Crippen MR) is 113 cm³/mol. The summed E-state index contributed by atoms with van der Waals surface area (Å²) in [4.78, 5) is 28.3. The maximum absolute atomic E-state index is 12.5. The van der Waals surface area contributed by atoms with E-state index in [-0.39, 0.29) is 18.0 Å². The van der Waals surface area contributed by atoms with Gasteiger partial charge in [-0.1, -0.05) is 41.9 Å². The molecule has 2 aromatic rings. The SMILES string of the molecule is CN(C)C(CNC(=O)Nc1ccccc1N1CCCC1=O)c1ccccc1Cl. The Hall–Kier alpha value is -2.57. The zero-order valence-corrected chi connectivity index (χ0v) is 16.9. The Kier molecular flexibility index (Phi) is 6.54. The lowest BCUT2D eigenvalue weighted by molar-refractivity contribution is -0.117. The number of hydrogen-bond donors (Lipinski definition) is 2. The van der Waals surface area contributed by atoms with Crippen LogP contribution in [-0.2, 0) is 4.79 Å². The van der Waals surface area contributed by atoms with Crippen LogP contribution in [0.4, 0.5) is 16.2 Å². The van der Waals surface area contributed by atoms with Crippen molar-refractivity contribution in [2.24, 2.45) is 0 Å². The Morgan fingerprint density at radius 1 is 1.18 bits per heavy atom. The van der Waals surface area contributed by atoms with Crippen LogP contribution < -0.4 is 15.5 Å². The molecule has 0 radical (unpaired) electrons. The van der Waals surface area contributed by atoms with Gasteiger partial charge in [0.05, 0.1) is 17.4 Å². The molecule has 1 aliphatic rings. The first-order valence-electron chi connectivity index (χ1n) is 9.32. The van der Waals surface area contributed by atoms with Gasteiger partial charge >= 0.3 is 6.03 Å². The summed E-state index contributed by atoms with van der Waals surface area (Å²) < 4.78 is 0. The minimum Gasteiger partial charge on any atom is -0.336 e. The maximum Gasteiger partial charge on any atom is 0.319 e. The third-order valence-electron chi connectivity index (χ3n) is 4.86. The van der Waals surface area contributed by atoms with Gasteiger partial charge in [0.25, 0.3) is 0 Å². The number of carbonyl (C=O) groups excluding carboxylic acids is 2. The summed E-state index contributed by atoms with van der Waals surface area (Å²) in [5.41, 5.74) is 2.31. The van der Waals surface area contributed by atoms with Crippen molar-refractivity contribution in [1.82, 2.24) is 10.2 Å². The fraction of sp³-hybridized carbons (Fsp3) is 0.333. The van der Waals surface area contributed by atoms with Crippen LogP contribution in [-0.4, -0.2) is 44.0 Å². The van der Waals surface area contributed by atoms with Gasteiger partial charge in [-0.3, -0.25) is 4.79 Å². The summed E-state index contributed by atoms with van der Waals surface area (Å²) in [6.07, 6.45) is 1.38. The van der Waals surface area contributed by atoms with Crippen molar-refractivity contribution in [2.45, 2.75) is 18.9 Å². The fourth-order valence-corrected chi connectivity index (χ4v) is 3.65. The van der Waals surface area contributed by atoms with E-state index in [1.807, 2.05) is 61.5 Å². The van der Waals surface area contributed by atoms with Gasteiger partial charge in [-0.05, 0) is 44.3 Å². The van der Waals surface area contributed by atoms with Gasteiger partial charge in [0, 0.05) is 24.5 Å². The van der Waals surface area contributed by atoms with E-state index in [4.69, 9.17) is 11.6 Å². The van der Waals surface area contributed by atoms with Crippen LogP contribution >= 0.6 is 11.6 Å². The number of likely N-dealkylation sites (N-methyl/N-ethyl adjacent to an activating group) is 1. The van der Waals surface area contributed by atoms with E-state index in [1.54, 1.807) is 11.0 Å². The highest BCUT2D eigenvalue weighted by Gasteiger charge is 2.24. The van der Waals surface area contributed by atoms with Gasteiger partial charge in [0.1, 0.15) is 0 Å². The molecule has 2 N–H and O–H groups in total. The van der Waals surface area contributed by atoms with Crippen LogP contribution in [0, 0.1) is 0 Å². The number of nitrogens with one attached hydrogen (secondary N) is 2. The first kappa shape index (κ1) is 20.2. The van der Waals surface area contributed by atoms with E-state index in [0.29, 0.717) is 30.2 Å². The Morgan fingerprint density at radius 3 is 2.57 bits per heavy atom. The summed E-state index contributed by atoms with van der Waals surface area (Å²) in [5.74, 6) is 0.0843. The smallest absolute Gasteiger partial charge is 0.319 e. The van der Waals surface area contributed by atoms with Crippen LogP contribution in [0.2, 0.25) is 5.02 Å². The largest absolute Gasteiger partial charge is 0.336 e. The number of halogens is 1. The van der Waals surface area contributed by atoms with Crippen molar-refractivity contribution in [3.8, 4) is 0 Å². The molecule has 0 bridgehead atoms. The Labute approximate surface area is 170 Å². The number of hydrogen-bond acceptors (Lipinski definition) is 3. The van der Waals surface area contributed by atoms with Gasteiger partial charge in [0.2, 0.25) is 5.91 Å². The van der Waals surface area contributed by atoms with E-state index < -0.39 is 0 Å². The van der Waals surface area contributed by atoms with Crippen LogP contribution in [0.15, 0.2) is 48.5 Å². The molecule has 0 spiro atoms. The molecule has 2 aromatic carbocycles. The number of nitrogens with zero attached hydrogens (tertiary/aromatic N) is 2. The standard InChI is InChI=1S/C21H25ClN4O2/c1-25(2)19(15-8-3-4-9-16(15)22)14-23-21(28)24-17-10-5-6-11-18(17)26-13-7-12-20(26)27/h3-6,8-11,19H,7,12-14H2,1-2H3,(H2,23,24,28). The number of anilines is 2. The highest BCUT2D eigenvalue weighted by atomic mass is 35.5. The van der Waals surface area contributed by atoms with Crippen LogP contribution in [0.5, 0.6) is 0 Å².